The first kappa shape index (κ1) is 15.6. The van der Waals surface area contributed by atoms with Gasteiger partial charge in [-0.1, -0.05) is 6.92 Å². The molecule has 9 heteroatoms. The van der Waals surface area contributed by atoms with Crippen LogP contribution in [0.4, 0.5) is 10.8 Å². The van der Waals surface area contributed by atoms with E-state index in [0.717, 1.165) is 4.31 Å². The zero-order valence-corrected chi connectivity index (χ0v) is 13.7. The molecule has 120 valence electrons. The van der Waals surface area contributed by atoms with Gasteiger partial charge in [0.05, 0.1) is 17.4 Å². The van der Waals surface area contributed by atoms with Gasteiger partial charge in [0.15, 0.2) is 5.13 Å². The molecule has 7 nitrogen and oxygen atoms in total. The Hall–Kier alpha value is -2.26. The van der Waals surface area contributed by atoms with Crippen molar-refractivity contribution < 1.29 is 18.0 Å². The van der Waals surface area contributed by atoms with E-state index >= 15 is 0 Å². The van der Waals surface area contributed by atoms with Crippen molar-refractivity contribution in [2.45, 2.75) is 6.92 Å². The van der Waals surface area contributed by atoms with Gasteiger partial charge in [-0.05, 0) is 24.3 Å². The normalized spacial score (nSPS) is 19.8. The second kappa shape index (κ2) is 5.74. The van der Waals surface area contributed by atoms with Crippen molar-refractivity contribution in [1.29, 1.82) is 0 Å². The third-order valence-corrected chi connectivity index (χ3v) is 5.93. The molecule has 1 aromatic heterocycles. The number of rotatable bonds is 3. The number of sulfonamides is 1. The Labute approximate surface area is 137 Å². The van der Waals surface area contributed by atoms with Crippen molar-refractivity contribution in [3.8, 4) is 0 Å². The number of thiazole rings is 1. The predicted octanol–water partition coefficient (Wildman–Crippen LogP) is 1.71. The Balaban J connectivity index is 1.82. The van der Waals surface area contributed by atoms with E-state index in [9.17, 15) is 18.0 Å². The first-order chi connectivity index (χ1) is 10.9. The molecule has 1 fully saturated rings. The largest absolute Gasteiger partial charge is 0.298 e. The summed E-state index contributed by atoms with van der Waals surface area (Å²) in [4.78, 5) is 28.0. The van der Waals surface area contributed by atoms with Crippen LogP contribution in [0.5, 0.6) is 0 Å². The van der Waals surface area contributed by atoms with E-state index < -0.39 is 21.8 Å². The minimum absolute atomic E-state index is 0.196. The van der Waals surface area contributed by atoms with Crippen LogP contribution in [0.1, 0.15) is 17.3 Å². The van der Waals surface area contributed by atoms with Crippen LogP contribution in [0.2, 0.25) is 0 Å². The van der Waals surface area contributed by atoms with Gasteiger partial charge in [0.2, 0.25) is 15.9 Å². The van der Waals surface area contributed by atoms with Crippen LogP contribution in [0.3, 0.4) is 0 Å². The number of hydrogen-bond donors (Lipinski definition) is 1. The number of benzene rings is 1. The zero-order chi connectivity index (χ0) is 16.6. The molecule has 2 amide bonds. The number of nitrogens with zero attached hydrogens (tertiary/aromatic N) is 2. The molecule has 0 spiro atoms. The number of carbonyl (C=O) groups is 2. The summed E-state index contributed by atoms with van der Waals surface area (Å²) >= 11 is 1.29. The first-order valence-electron chi connectivity index (χ1n) is 6.76. The molecule has 0 aliphatic carbocycles. The summed E-state index contributed by atoms with van der Waals surface area (Å²) in [6, 6.07) is 5.85. The highest BCUT2D eigenvalue weighted by Crippen LogP contribution is 2.28. The average Bonchev–Trinajstić information content (AvgIpc) is 3.06. The van der Waals surface area contributed by atoms with Crippen LogP contribution in [0, 0.1) is 5.92 Å². The fraction of sp³-hybridized carbons (Fsp3) is 0.214. The van der Waals surface area contributed by atoms with Crippen molar-refractivity contribution in [2.24, 2.45) is 5.92 Å². The van der Waals surface area contributed by atoms with Crippen molar-refractivity contribution in [3.05, 3.63) is 41.4 Å². The molecule has 3 rings (SSSR count). The number of aromatic nitrogens is 1. The van der Waals surface area contributed by atoms with Gasteiger partial charge in [-0.2, -0.15) is 0 Å². The smallest absolute Gasteiger partial charge is 0.257 e. The van der Waals surface area contributed by atoms with E-state index in [1.54, 1.807) is 18.5 Å². The van der Waals surface area contributed by atoms with Gasteiger partial charge in [-0.3, -0.25) is 14.9 Å². The van der Waals surface area contributed by atoms with Gasteiger partial charge in [-0.25, -0.2) is 17.7 Å². The Morgan fingerprint density at radius 2 is 2.04 bits per heavy atom. The van der Waals surface area contributed by atoms with Crippen molar-refractivity contribution in [2.75, 3.05) is 15.4 Å². The standard InChI is InChI=1S/C14H13N3O4S2/c1-9-8-23(20,21)17(13(9)19)11-4-2-10(3-5-11)12(18)16-14-15-6-7-22-14/h2-7,9H,8H2,1H3,(H,15,16,18)/t9-/m1/s1. The number of amides is 2. The monoisotopic (exact) mass is 351 g/mol. The van der Waals surface area contributed by atoms with Crippen molar-refractivity contribution >= 4 is 44.0 Å². The van der Waals surface area contributed by atoms with Crippen molar-refractivity contribution in [3.63, 3.8) is 0 Å². The Morgan fingerprint density at radius 1 is 1.35 bits per heavy atom. The van der Waals surface area contributed by atoms with E-state index in [1.807, 2.05) is 0 Å². The lowest BCUT2D eigenvalue weighted by Gasteiger charge is -2.15. The number of anilines is 2. The van der Waals surface area contributed by atoms with Crippen LogP contribution >= 0.6 is 11.3 Å². The highest BCUT2D eigenvalue weighted by atomic mass is 32.2. The summed E-state index contributed by atoms with van der Waals surface area (Å²) in [6.45, 7) is 1.58. The summed E-state index contributed by atoms with van der Waals surface area (Å²) in [5.74, 6) is -1.56. The maximum absolute atomic E-state index is 12.0. The van der Waals surface area contributed by atoms with Gasteiger partial charge < -0.3 is 0 Å². The summed E-state index contributed by atoms with van der Waals surface area (Å²) in [5.41, 5.74) is 0.589. The molecule has 1 aliphatic rings. The highest BCUT2D eigenvalue weighted by Gasteiger charge is 2.41. The molecule has 0 unspecified atom stereocenters. The predicted molar refractivity (Wildman–Crippen MR) is 86.9 cm³/mol. The molecule has 1 aromatic carbocycles. The molecule has 0 bridgehead atoms. The summed E-state index contributed by atoms with van der Waals surface area (Å²) in [6.07, 6.45) is 1.58. The fourth-order valence-corrected chi connectivity index (χ4v) is 4.63. The molecule has 1 N–H and O–H groups in total. The molecule has 23 heavy (non-hydrogen) atoms. The second-order valence-electron chi connectivity index (χ2n) is 5.12. The molecule has 0 radical (unpaired) electrons. The van der Waals surface area contributed by atoms with Crippen molar-refractivity contribution in [1.82, 2.24) is 4.98 Å². The van der Waals surface area contributed by atoms with Gasteiger partial charge in [-0.15, -0.1) is 11.3 Å². The quantitative estimate of drug-likeness (QED) is 0.908. The highest BCUT2D eigenvalue weighted by molar-refractivity contribution is 7.94. The van der Waals surface area contributed by atoms with Gasteiger partial charge in [0, 0.05) is 17.1 Å². The minimum Gasteiger partial charge on any atom is -0.298 e. The van der Waals surface area contributed by atoms with Gasteiger partial charge >= 0.3 is 0 Å². The fourth-order valence-electron chi connectivity index (χ4n) is 2.29. The molecule has 1 saturated heterocycles. The topological polar surface area (TPSA) is 96.4 Å². The lowest BCUT2D eigenvalue weighted by Crippen LogP contribution is -2.30. The molecule has 0 saturated carbocycles. The Bertz CT molecular complexity index is 845. The first-order valence-corrected chi connectivity index (χ1v) is 9.25. The van der Waals surface area contributed by atoms with Crippen LogP contribution in [-0.2, 0) is 14.8 Å². The SMILES string of the molecule is C[C@@H]1CS(=O)(=O)N(c2ccc(C(=O)Nc3nccs3)cc2)C1=O. The zero-order valence-electron chi connectivity index (χ0n) is 12.1. The maximum atomic E-state index is 12.0. The number of hydrogen-bond acceptors (Lipinski definition) is 6. The lowest BCUT2D eigenvalue weighted by molar-refractivity contribution is -0.119. The van der Waals surface area contributed by atoms with Crippen LogP contribution in [0.25, 0.3) is 0 Å². The summed E-state index contributed by atoms with van der Waals surface area (Å²) in [5, 5.41) is 4.85. The number of carbonyl (C=O) groups excluding carboxylic acids is 2. The van der Waals surface area contributed by atoms with Crippen LogP contribution in [0.15, 0.2) is 35.8 Å². The van der Waals surface area contributed by atoms with Gasteiger partial charge in [0.25, 0.3) is 5.91 Å². The molecule has 1 atom stereocenters. The lowest BCUT2D eigenvalue weighted by atomic mass is 10.1. The Kier molecular flexibility index (Phi) is 3.90. The Morgan fingerprint density at radius 3 is 2.57 bits per heavy atom. The molecular weight excluding hydrogens is 338 g/mol. The number of nitrogens with one attached hydrogen (secondary N) is 1. The van der Waals surface area contributed by atoms with E-state index in [2.05, 4.69) is 10.3 Å². The second-order valence-corrected chi connectivity index (χ2v) is 7.88. The van der Waals surface area contributed by atoms with E-state index in [1.165, 1.54) is 35.6 Å². The third kappa shape index (κ3) is 2.97. The molecule has 2 aromatic rings. The average molecular weight is 351 g/mol. The van der Waals surface area contributed by atoms with Gasteiger partial charge in [0.1, 0.15) is 0 Å². The van der Waals surface area contributed by atoms with E-state index in [4.69, 9.17) is 0 Å². The van der Waals surface area contributed by atoms with E-state index in [-0.39, 0.29) is 17.3 Å². The third-order valence-electron chi connectivity index (χ3n) is 3.38. The van der Waals surface area contributed by atoms with E-state index in [0.29, 0.717) is 10.7 Å². The maximum Gasteiger partial charge on any atom is 0.257 e. The van der Waals surface area contributed by atoms with Crippen LogP contribution in [-0.4, -0.2) is 31.0 Å². The minimum atomic E-state index is -3.64. The molecule has 2 heterocycles. The molecular formula is C14H13N3O4S2. The summed E-state index contributed by atoms with van der Waals surface area (Å²) < 4.78 is 24.9. The molecule has 1 aliphatic heterocycles. The summed E-state index contributed by atoms with van der Waals surface area (Å²) in [7, 11) is -3.64. The van der Waals surface area contributed by atoms with Crippen LogP contribution < -0.4 is 9.62 Å².